The quantitative estimate of drug-likeness (QED) is 0.659. The van der Waals surface area contributed by atoms with Crippen molar-refractivity contribution in [1.82, 2.24) is 9.47 Å². The Morgan fingerprint density at radius 1 is 1.28 bits per heavy atom. The number of nitriles is 1. The van der Waals surface area contributed by atoms with Gasteiger partial charge < -0.3 is 9.32 Å². The van der Waals surface area contributed by atoms with Gasteiger partial charge in [-0.15, -0.1) is 0 Å². The molecule has 5 nitrogen and oxygen atoms in total. The van der Waals surface area contributed by atoms with Crippen LogP contribution in [0.5, 0.6) is 0 Å². The Morgan fingerprint density at radius 3 is 2.60 bits per heavy atom. The number of halogens is 1. The number of carbonyl (C=O) groups is 1. The van der Waals surface area contributed by atoms with Crippen molar-refractivity contribution in [2.45, 2.75) is 13.5 Å². The summed E-state index contributed by atoms with van der Waals surface area (Å²) in [5, 5.41) is 9.57. The molecule has 0 aliphatic carbocycles. The fourth-order valence-corrected chi connectivity index (χ4v) is 3.10. The molecule has 3 rings (SSSR count). The molecule has 0 N–H and O–H groups in total. The first kappa shape index (κ1) is 17.1. The highest BCUT2D eigenvalue weighted by molar-refractivity contribution is 9.10. The third-order valence-electron chi connectivity index (χ3n) is 3.94. The number of hydrogen-bond acceptors (Lipinski definition) is 3. The van der Waals surface area contributed by atoms with Crippen LogP contribution < -0.4 is 0 Å². The van der Waals surface area contributed by atoms with Crippen molar-refractivity contribution in [1.29, 1.82) is 5.26 Å². The topological polar surface area (TPSA) is 62.2 Å². The van der Waals surface area contributed by atoms with E-state index in [9.17, 15) is 10.1 Å². The Kier molecular flexibility index (Phi) is 4.77. The molecule has 2 aromatic heterocycles. The number of nitrogens with zero attached hydrogens (tertiary/aromatic N) is 3. The summed E-state index contributed by atoms with van der Waals surface area (Å²) in [6.45, 7) is 2.13. The molecule has 0 atom stereocenters. The summed E-state index contributed by atoms with van der Waals surface area (Å²) in [7, 11) is 1.71. The Bertz CT molecular complexity index is 952. The molecule has 0 spiro atoms. The van der Waals surface area contributed by atoms with Gasteiger partial charge in [0.05, 0.1) is 0 Å². The van der Waals surface area contributed by atoms with Gasteiger partial charge in [0.15, 0.2) is 0 Å². The second-order valence-electron chi connectivity index (χ2n) is 5.67. The van der Waals surface area contributed by atoms with E-state index in [1.54, 1.807) is 35.8 Å². The normalized spacial score (nSPS) is 10.5. The van der Waals surface area contributed by atoms with Gasteiger partial charge in [-0.1, -0.05) is 34.1 Å². The number of rotatable bonds is 4. The SMILES string of the molecule is Cc1oc(-n2cccc2)c(C#N)c1C(=O)N(C)Cc1ccccc1Br. The van der Waals surface area contributed by atoms with Crippen LogP contribution in [0.4, 0.5) is 0 Å². The Morgan fingerprint density at radius 2 is 1.96 bits per heavy atom. The minimum Gasteiger partial charge on any atom is -0.443 e. The minimum absolute atomic E-state index is 0.244. The third-order valence-corrected chi connectivity index (χ3v) is 4.72. The van der Waals surface area contributed by atoms with Crippen LogP contribution >= 0.6 is 15.9 Å². The van der Waals surface area contributed by atoms with Gasteiger partial charge in [-0.2, -0.15) is 5.26 Å². The van der Waals surface area contributed by atoms with Crippen molar-refractivity contribution in [3.05, 3.63) is 75.7 Å². The molecular formula is C19H16BrN3O2. The van der Waals surface area contributed by atoms with E-state index in [0.29, 0.717) is 23.8 Å². The zero-order chi connectivity index (χ0) is 18.0. The van der Waals surface area contributed by atoms with Gasteiger partial charge in [-0.3, -0.25) is 9.36 Å². The molecule has 0 unspecified atom stereocenters. The summed E-state index contributed by atoms with van der Waals surface area (Å²) in [6.07, 6.45) is 3.55. The van der Waals surface area contributed by atoms with Crippen LogP contribution in [0, 0.1) is 18.3 Å². The summed E-state index contributed by atoms with van der Waals surface area (Å²) in [4.78, 5) is 14.5. The maximum atomic E-state index is 12.9. The highest BCUT2D eigenvalue weighted by Crippen LogP contribution is 2.27. The number of furan rings is 1. The van der Waals surface area contributed by atoms with Gasteiger partial charge in [0, 0.05) is 30.5 Å². The molecule has 0 fully saturated rings. The predicted octanol–water partition coefficient (Wildman–Crippen LogP) is 4.29. The maximum Gasteiger partial charge on any atom is 0.258 e. The van der Waals surface area contributed by atoms with E-state index in [4.69, 9.17) is 4.42 Å². The second kappa shape index (κ2) is 6.99. The molecule has 0 saturated heterocycles. The molecule has 6 heteroatoms. The minimum atomic E-state index is -0.244. The molecule has 1 amide bonds. The average molecular weight is 398 g/mol. The van der Waals surface area contributed by atoms with Crippen LogP contribution in [0.3, 0.4) is 0 Å². The molecule has 1 aromatic carbocycles. The first-order chi connectivity index (χ1) is 12.0. The standard InChI is InChI=1S/C19H16BrN3O2/c1-13-17(15(11-21)19(25-13)23-9-5-6-10-23)18(24)22(2)12-14-7-3-4-8-16(14)20/h3-10H,12H2,1-2H3. The predicted molar refractivity (Wildman–Crippen MR) is 97.4 cm³/mol. The zero-order valence-electron chi connectivity index (χ0n) is 13.9. The smallest absolute Gasteiger partial charge is 0.258 e. The molecule has 0 aliphatic rings. The number of benzene rings is 1. The fraction of sp³-hybridized carbons (Fsp3) is 0.158. The van der Waals surface area contributed by atoms with Crippen molar-refractivity contribution >= 4 is 21.8 Å². The summed E-state index contributed by atoms with van der Waals surface area (Å²) >= 11 is 3.49. The van der Waals surface area contributed by atoms with Gasteiger partial charge in [-0.25, -0.2) is 0 Å². The maximum absolute atomic E-state index is 12.9. The van der Waals surface area contributed by atoms with Crippen molar-refractivity contribution in [3.8, 4) is 12.0 Å². The van der Waals surface area contributed by atoms with Gasteiger partial charge in [0.1, 0.15) is 23.0 Å². The van der Waals surface area contributed by atoms with Crippen LogP contribution in [0.1, 0.15) is 27.2 Å². The monoisotopic (exact) mass is 397 g/mol. The lowest BCUT2D eigenvalue weighted by molar-refractivity contribution is 0.0783. The average Bonchev–Trinajstić information content (AvgIpc) is 3.23. The zero-order valence-corrected chi connectivity index (χ0v) is 15.4. The van der Waals surface area contributed by atoms with E-state index >= 15 is 0 Å². The van der Waals surface area contributed by atoms with Crippen LogP contribution in [-0.2, 0) is 6.54 Å². The van der Waals surface area contributed by atoms with E-state index < -0.39 is 0 Å². The fourth-order valence-electron chi connectivity index (χ4n) is 2.69. The molecule has 0 saturated carbocycles. The van der Waals surface area contributed by atoms with Crippen LogP contribution in [-0.4, -0.2) is 22.4 Å². The van der Waals surface area contributed by atoms with Gasteiger partial charge >= 0.3 is 0 Å². The van der Waals surface area contributed by atoms with Crippen LogP contribution in [0.25, 0.3) is 5.88 Å². The van der Waals surface area contributed by atoms with Crippen LogP contribution in [0.2, 0.25) is 0 Å². The summed E-state index contributed by atoms with van der Waals surface area (Å²) in [5.74, 6) is 0.554. The second-order valence-corrected chi connectivity index (χ2v) is 6.52. The van der Waals surface area contributed by atoms with E-state index in [2.05, 4.69) is 22.0 Å². The van der Waals surface area contributed by atoms with Crippen molar-refractivity contribution in [3.63, 3.8) is 0 Å². The van der Waals surface area contributed by atoms with Crippen molar-refractivity contribution in [2.24, 2.45) is 0 Å². The molecule has 0 radical (unpaired) electrons. The summed E-state index contributed by atoms with van der Waals surface area (Å²) in [6, 6.07) is 13.5. The van der Waals surface area contributed by atoms with Gasteiger partial charge in [0.25, 0.3) is 5.91 Å². The third kappa shape index (κ3) is 3.24. The molecule has 126 valence electrons. The Labute approximate surface area is 154 Å². The Balaban J connectivity index is 1.95. The Hall–Kier alpha value is -2.78. The molecule has 25 heavy (non-hydrogen) atoms. The molecule has 3 aromatic rings. The first-order valence-corrected chi connectivity index (χ1v) is 8.48. The number of aryl methyl sites for hydroxylation is 1. The highest BCUT2D eigenvalue weighted by Gasteiger charge is 2.26. The van der Waals surface area contributed by atoms with Crippen LogP contribution in [0.15, 0.2) is 57.7 Å². The van der Waals surface area contributed by atoms with E-state index in [1.165, 1.54) is 0 Å². The van der Waals surface area contributed by atoms with E-state index in [0.717, 1.165) is 10.0 Å². The number of hydrogen-bond donors (Lipinski definition) is 0. The number of carbonyl (C=O) groups excluding carboxylic acids is 1. The van der Waals surface area contributed by atoms with Crippen molar-refractivity contribution in [2.75, 3.05) is 7.05 Å². The molecule has 0 aliphatic heterocycles. The lowest BCUT2D eigenvalue weighted by atomic mass is 10.1. The molecule has 0 bridgehead atoms. The summed E-state index contributed by atoms with van der Waals surface area (Å²) < 4.78 is 8.34. The summed E-state index contributed by atoms with van der Waals surface area (Å²) in [5.41, 5.74) is 1.54. The largest absolute Gasteiger partial charge is 0.443 e. The number of aromatic nitrogens is 1. The first-order valence-electron chi connectivity index (χ1n) is 7.68. The van der Waals surface area contributed by atoms with Gasteiger partial charge in [0.2, 0.25) is 5.88 Å². The van der Waals surface area contributed by atoms with Crippen molar-refractivity contribution < 1.29 is 9.21 Å². The van der Waals surface area contributed by atoms with E-state index in [-0.39, 0.29) is 11.5 Å². The lowest BCUT2D eigenvalue weighted by Crippen LogP contribution is -2.27. The molecule has 2 heterocycles. The lowest BCUT2D eigenvalue weighted by Gasteiger charge is -2.18. The number of amides is 1. The highest BCUT2D eigenvalue weighted by atomic mass is 79.9. The molecular weight excluding hydrogens is 382 g/mol. The van der Waals surface area contributed by atoms with E-state index in [1.807, 2.05) is 36.4 Å². The van der Waals surface area contributed by atoms with Gasteiger partial charge in [-0.05, 0) is 30.7 Å².